The molecule has 152 valence electrons. The molecule has 1 aliphatic rings. The van der Waals surface area contributed by atoms with Crippen LogP contribution < -0.4 is 21.3 Å². The molecule has 1 aliphatic carbocycles. The molecule has 29 heavy (non-hydrogen) atoms. The molecule has 1 saturated carbocycles. The van der Waals surface area contributed by atoms with Gasteiger partial charge in [-0.1, -0.05) is 12.8 Å². The Morgan fingerprint density at radius 1 is 1.21 bits per heavy atom. The number of rotatable bonds is 7. The Labute approximate surface area is 167 Å². The van der Waals surface area contributed by atoms with Crippen LogP contribution in [0.2, 0.25) is 0 Å². The SMILES string of the molecule is COCCOc1ccc(Nc2ncc3cc(N)c(=O)n(C4CCCC4)c3n2)nc1. The first kappa shape index (κ1) is 19.1. The van der Waals surface area contributed by atoms with E-state index in [0.717, 1.165) is 31.1 Å². The Morgan fingerprint density at radius 3 is 2.76 bits per heavy atom. The molecule has 0 bridgehead atoms. The highest BCUT2D eigenvalue weighted by atomic mass is 16.5. The second-order valence-corrected chi connectivity index (χ2v) is 7.03. The Morgan fingerprint density at radius 2 is 2.03 bits per heavy atom. The molecule has 3 aromatic rings. The van der Waals surface area contributed by atoms with Crippen LogP contribution in [-0.4, -0.2) is 39.8 Å². The summed E-state index contributed by atoms with van der Waals surface area (Å²) >= 11 is 0. The number of nitrogens with one attached hydrogen (secondary N) is 1. The van der Waals surface area contributed by atoms with Crippen molar-refractivity contribution in [1.29, 1.82) is 0 Å². The molecule has 0 aliphatic heterocycles. The number of hydrogen-bond donors (Lipinski definition) is 2. The zero-order chi connectivity index (χ0) is 20.2. The van der Waals surface area contributed by atoms with Gasteiger partial charge in [0.25, 0.3) is 5.56 Å². The zero-order valence-electron chi connectivity index (χ0n) is 16.3. The van der Waals surface area contributed by atoms with E-state index in [2.05, 4.69) is 20.3 Å². The minimum Gasteiger partial charge on any atom is -0.490 e. The molecule has 0 aromatic carbocycles. The number of fused-ring (bicyclic) bond motifs is 1. The zero-order valence-corrected chi connectivity index (χ0v) is 16.3. The molecule has 4 rings (SSSR count). The lowest BCUT2D eigenvalue weighted by Gasteiger charge is -2.17. The molecular formula is C20H24N6O3. The maximum absolute atomic E-state index is 12.7. The van der Waals surface area contributed by atoms with Gasteiger partial charge in [0, 0.05) is 24.7 Å². The number of anilines is 3. The summed E-state index contributed by atoms with van der Waals surface area (Å²) in [5, 5.41) is 3.83. The van der Waals surface area contributed by atoms with Crippen molar-refractivity contribution in [2.45, 2.75) is 31.7 Å². The highest BCUT2D eigenvalue weighted by Crippen LogP contribution is 2.31. The van der Waals surface area contributed by atoms with Crippen LogP contribution in [0, 0.1) is 0 Å². The van der Waals surface area contributed by atoms with Gasteiger partial charge in [-0.2, -0.15) is 4.98 Å². The fourth-order valence-electron chi connectivity index (χ4n) is 3.60. The van der Waals surface area contributed by atoms with E-state index in [1.54, 1.807) is 42.3 Å². The van der Waals surface area contributed by atoms with Gasteiger partial charge in [0.1, 0.15) is 23.8 Å². The third kappa shape index (κ3) is 4.14. The smallest absolute Gasteiger partial charge is 0.275 e. The molecule has 0 unspecified atom stereocenters. The van der Waals surface area contributed by atoms with Gasteiger partial charge in [0.2, 0.25) is 5.95 Å². The molecule has 1 fully saturated rings. The first-order chi connectivity index (χ1) is 14.2. The summed E-state index contributed by atoms with van der Waals surface area (Å²) < 4.78 is 12.2. The van der Waals surface area contributed by atoms with E-state index in [0.29, 0.717) is 36.4 Å². The van der Waals surface area contributed by atoms with E-state index >= 15 is 0 Å². The Hall–Kier alpha value is -3.20. The molecule has 0 saturated heterocycles. The average molecular weight is 396 g/mol. The summed E-state index contributed by atoms with van der Waals surface area (Å²) in [6.45, 7) is 0.971. The van der Waals surface area contributed by atoms with E-state index in [1.165, 1.54) is 0 Å². The Bertz CT molecular complexity index is 1040. The largest absolute Gasteiger partial charge is 0.490 e. The van der Waals surface area contributed by atoms with Crippen molar-refractivity contribution in [3.05, 3.63) is 40.9 Å². The summed E-state index contributed by atoms with van der Waals surface area (Å²) in [6.07, 6.45) is 7.41. The number of nitrogen functional groups attached to an aromatic ring is 1. The molecule has 3 N–H and O–H groups in total. The molecule has 9 heteroatoms. The summed E-state index contributed by atoms with van der Waals surface area (Å²) in [4.78, 5) is 26.0. The first-order valence-electron chi connectivity index (χ1n) is 9.68. The molecular weight excluding hydrogens is 372 g/mol. The molecule has 3 aromatic heterocycles. The monoisotopic (exact) mass is 396 g/mol. The van der Waals surface area contributed by atoms with Gasteiger partial charge in [0.15, 0.2) is 0 Å². The van der Waals surface area contributed by atoms with E-state index in [1.807, 2.05) is 0 Å². The second-order valence-electron chi connectivity index (χ2n) is 7.03. The van der Waals surface area contributed by atoms with E-state index in [-0.39, 0.29) is 17.3 Å². The van der Waals surface area contributed by atoms with Crippen LogP contribution >= 0.6 is 0 Å². The van der Waals surface area contributed by atoms with Crippen LogP contribution in [0.3, 0.4) is 0 Å². The summed E-state index contributed by atoms with van der Waals surface area (Å²) in [7, 11) is 1.62. The Kier molecular flexibility index (Phi) is 5.57. The normalized spacial score (nSPS) is 14.4. The molecule has 0 amide bonds. The van der Waals surface area contributed by atoms with Crippen molar-refractivity contribution >= 4 is 28.5 Å². The molecule has 0 radical (unpaired) electrons. The number of pyridine rings is 2. The van der Waals surface area contributed by atoms with Crippen LogP contribution in [0.25, 0.3) is 11.0 Å². The maximum atomic E-state index is 12.7. The lowest BCUT2D eigenvalue weighted by molar-refractivity contribution is 0.146. The van der Waals surface area contributed by atoms with E-state index < -0.39 is 0 Å². The highest BCUT2D eigenvalue weighted by Gasteiger charge is 2.22. The fourth-order valence-corrected chi connectivity index (χ4v) is 3.60. The number of nitrogens with zero attached hydrogens (tertiary/aromatic N) is 4. The standard InChI is InChI=1S/C20H24N6O3/c1-28-8-9-29-15-6-7-17(22-12-15)24-20-23-11-13-10-16(21)19(27)26(18(13)25-20)14-4-2-3-5-14/h6-7,10-12,14H,2-5,8-9,21H2,1H3,(H,22,23,24,25). The lowest BCUT2D eigenvalue weighted by Crippen LogP contribution is -2.27. The van der Waals surface area contributed by atoms with Crippen LogP contribution in [-0.2, 0) is 4.74 Å². The van der Waals surface area contributed by atoms with E-state index in [4.69, 9.17) is 15.2 Å². The third-order valence-electron chi connectivity index (χ3n) is 5.02. The van der Waals surface area contributed by atoms with Crippen molar-refractivity contribution in [3.63, 3.8) is 0 Å². The Balaban J connectivity index is 1.61. The van der Waals surface area contributed by atoms with Gasteiger partial charge in [0.05, 0.1) is 18.5 Å². The van der Waals surface area contributed by atoms with Crippen molar-refractivity contribution in [3.8, 4) is 5.75 Å². The third-order valence-corrected chi connectivity index (χ3v) is 5.02. The lowest BCUT2D eigenvalue weighted by atomic mass is 10.2. The van der Waals surface area contributed by atoms with Crippen molar-refractivity contribution in [2.75, 3.05) is 31.4 Å². The topological polar surface area (TPSA) is 117 Å². The molecule has 0 atom stereocenters. The van der Waals surface area contributed by atoms with Gasteiger partial charge in [-0.3, -0.25) is 9.36 Å². The van der Waals surface area contributed by atoms with Crippen LogP contribution in [0.4, 0.5) is 17.5 Å². The summed E-state index contributed by atoms with van der Waals surface area (Å²) in [5.74, 6) is 1.60. The van der Waals surface area contributed by atoms with Crippen molar-refractivity contribution in [1.82, 2.24) is 19.5 Å². The number of aromatic nitrogens is 4. The van der Waals surface area contributed by atoms with Gasteiger partial charge in [-0.25, -0.2) is 9.97 Å². The maximum Gasteiger partial charge on any atom is 0.275 e. The summed E-state index contributed by atoms with van der Waals surface area (Å²) in [5.41, 5.74) is 6.56. The minimum atomic E-state index is -0.190. The number of ether oxygens (including phenoxy) is 2. The number of nitrogens with two attached hydrogens (primary N) is 1. The fraction of sp³-hybridized carbons (Fsp3) is 0.400. The first-order valence-corrected chi connectivity index (χ1v) is 9.68. The van der Waals surface area contributed by atoms with Crippen molar-refractivity contribution in [2.24, 2.45) is 0 Å². The molecule has 9 nitrogen and oxygen atoms in total. The van der Waals surface area contributed by atoms with Gasteiger partial charge in [-0.05, 0) is 31.0 Å². The second kappa shape index (κ2) is 8.44. The van der Waals surface area contributed by atoms with Crippen LogP contribution in [0.1, 0.15) is 31.7 Å². The average Bonchev–Trinajstić information content (AvgIpc) is 3.25. The number of hydrogen-bond acceptors (Lipinski definition) is 8. The van der Waals surface area contributed by atoms with Crippen LogP contribution in [0.5, 0.6) is 5.75 Å². The van der Waals surface area contributed by atoms with Gasteiger partial charge < -0.3 is 20.5 Å². The predicted molar refractivity (Wildman–Crippen MR) is 111 cm³/mol. The highest BCUT2D eigenvalue weighted by molar-refractivity contribution is 5.79. The quantitative estimate of drug-likeness (QED) is 0.585. The number of methoxy groups -OCH3 is 1. The summed E-state index contributed by atoms with van der Waals surface area (Å²) in [6, 6.07) is 5.35. The van der Waals surface area contributed by atoms with Crippen molar-refractivity contribution < 1.29 is 9.47 Å². The predicted octanol–water partition coefficient (Wildman–Crippen LogP) is 2.65. The van der Waals surface area contributed by atoms with Gasteiger partial charge >= 0.3 is 0 Å². The minimum absolute atomic E-state index is 0.123. The molecule has 0 spiro atoms. The van der Waals surface area contributed by atoms with E-state index in [9.17, 15) is 4.79 Å². The molecule has 3 heterocycles. The van der Waals surface area contributed by atoms with Crippen LogP contribution in [0.15, 0.2) is 35.4 Å². The van der Waals surface area contributed by atoms with Gasteiger partial charge in [-0.15, -0.1) is 0 Å².